The molecule has 0 atom stereocenters. The molecule has 0 saturated heterocycles. The summed E-state index contributed by atoms with van der Waals surface area (Å²) in [5.74, 6) is -0.172. The molecule has 128 valence electrons. The molecule has 1 aliphatic rings. The minimum atomic E-state index is -4.72. The summed E-state index contributed by atoms with van der Waals surface area (Å²) >= 11 is 0. The third kappa shape index (κ3) is 3.85. The van der Waals surface area contributed by atoms with E-state index in [0.717, 1.165) is 0 Å². The van der Waals surface area contributed by atoms with Crippen molar-refractivity contribution >= 4 is 5.95 Å². The number of nitrogen functional groups attached to an aromatic ring is 1. The normalized spacial score (nSPS) is 15.1. The van der Waals surface area contributed by atoms with Crippen molar-refractivity contribution in [2.24, 2.45) is 0 Å². The third-order valence-corrected chi connectivity index (χ3v) is 3.70. The van der Waals surface area contributed by atoms with Gasteiger partial charge in [0.1, 0.15) is 5.75 Å². The number of nitrogens with zero attached hydrogens (tertiary/aromatic N) is 2. The number of aromatic amines is 1. The molecule has 0 radical (unpaired) electrons. The van der Waals surface area contributed by atoms with Gasteiger partial charge in [-0.1, -0.05) is 12.1 Å². The van der Waals surface area contributed by atoms with Gasteiger partial charge in [-0.3, -0.25) is 14.7 Å². The number of hydrogen-bond donors (Lipinski definition) is 2. The maximum Gasteiger partial charge on any atom is 0.573 e. The van der Waals surface area contributed by atoms with E-state index in [1.807, 2.05) is 4.90 Å². The second-order valence-electron chi connectivity index (χ2n) is 5.53. The zero-order valence-electron chi connectivity index (χ0n) is 12.6. The highest BCUT2D eigenvalue weighted by molar-refractivity contribution is 5.30. The number of nitrogens with one attached hydrogen (secondary N) is 1. The Morgan fingerprint density at radius 2 is 2.17 bits per heavy atom. The number of alkyl halides is 3. The third-order valence-electron chi connectivity index (χ3n) is 3.70. The smallest absolute Gasteiger partial charge is 0.406 e. The van der Waals surface area contributed by atoms with Crippen molar-refractivity contribution in [3.63, 3.8) is 0 Å². The van der Waals surface area contributed by atoms with E-state index in [1.54, 1.807) is 6.07 Å². The van der Waals surface area contributed by atoms with Crippen LogP contribution in [0.5, 0.6) is 5.75 Å². The highest BCUT2D eigenvalue weighted by Gasteiger charge is 2.31. The number of halogens is 3. The first-order valence-corrected chi connectivity index (χ1v) is 7.25. The van der Waals surface area contributed by atoms with Gasteiger partial charge < -0.3 is 10.5 Å². The van der Waals surface area contributed by atoms with Crippen LogP contribution >= 0.6 is 0 Å². The van der Waals surface area contributed by atoms with Gasteiger partial charge in [0.05, 0.1) is 11.3 Å². The lowest BCUT2D eigenvalue weighted by molar-refractivity contribution is -0.274. The SMILES string of the molecule is Nc1nc2c(c(=O)[nH]1)CN(Cc1cccc(OC(F)(F)F)c1)CC2. The number of ether oxygens (including phenoxy) is 1. The summed E-state index contributed by atoms with van der Waals surface area (Å²) in [6, 6.07) is 5.81. The van der Waals surface area contributed by atoms with Gasteiger partial charge in [-0.25, -0.2) is 4.98 Å². The van der Waals surface area contributed by atoms with Gasteiger partial charge in [0.2, 0.25) is 5.95 Å². The van der Waals surface area contributed by atoms with Crippen LogP contribution in [0.25, 0.3) is 0 Å². The van der Waals surface area contributed by atoms with Crippen LogP contribution in [0.15, 0.2) is 29.1 Å². The predicted octanol–water partition coefficient (Wildman–Crippen LogP) is 1.81. The molecule has 6 nitrogen and oxygen atoms in total. The zero-order valence-corrected chi connectivity index (χ0v) is 12.6. The number of hydrogen-bond acceptors (Lipinski definition) is 5. The fraction of sp³-hybridized carbons (Fsp3) is 0.333. The number of nitrogens with two attached hydrogens (primary N) is 1. The number of anilines is 1. The monoisotopic (exact) mass is 340 g/mol. The largest absolute Gasteiger partial charge is 0.573 e. The molecular weight excluding hydrogens is 325 g/mol. The van der Waals surface area contributed by atoms with Crippen LogP contribution in [-0.4, -0.2) is 27.8 Å². The molecule has 2 aromatic rings. The number of benzene rings is 1. The summed E-state index contributed by atoms with van der Waals surface area (Å²) in [7, 11) is 0. The number of fused-ring (bicyclic) bond motifs is 1. The van der Waals surface area contributed by atoms with E-state index in [4.69, 9.17) is 5.73 Å². The van der Waals surface area contributed by atoms with Gasteiger partial charge in [-0.05, 0) is 17.7 Å². The van der Waals surface area contributed by atoms with E-state index in [-0.39, 0.29) is 17.3 Å². The van der Waals surface area contributed by atoms with E-state index in [9.17, 15) is 18.0 Å². The number of rotatable bonds is 3. The van der Waals surface area contributed by atoms with Gasteiger partial charge in [0.15, 0.2) is 0 Å². The van der Waals surface area contributed by atoms with Crippen LogP contribution < -0.4 is 16.0 Å². The minimum Gasteiger partial charge on any atom is -0.406 e. The van der Waals surface area contributed by atoms with E-state index < -0.39 is 6.36 Å². The molecule has 0 unspecified atom stereocenters. The summed E-state index contributed by atoms with van der Waals surface area (Å²) < 4.78 is 40.8. The van der Waals surface area contributed by atoms with Crippen molar-refractivity contribution in [3.8, 4) is 5.75 Å². The lowest BCUT2D eigenvalue weighted by atomic mass is 10.1. The van der Waals surface area contributed by atoms with E-state index in [2.05, 4.69) is 14.7 Å². The first-order chi connectivity index (χ1) is 11.3. The maximum absolute atomic E-state index is 12.3. The molecule has 0 fully saturated rings. The zero-order chi connectivity index (χ0) is 17.3. The van der Waals surface area contributed by atoms with Crippen LogP contribution in [0.3, 0.4) is 0 Å². The van der Waals surface area contributed by atoms with Gasteiger partial charge >= 0.3 is 6.36 Å². The van der Waals surface area contributed by atoms with Crippen LogP contribution in [0.1, 0.15) is 16.8 Å². The highest BCUT2D eigenvalue weighted by Crippen LogP contribution is 2.24. The lowest BCUT2D eigenvalue weighted by Gasteiger charge is -2.27. The van der Waals surface area contributed by atoms with Crippen molar-refractivity contribution in [1.29, 1.82) is 0 Å². The molecule has 2 heterocycles. The van der Waals surface area contributed by atoms with Crippen molar-refractivity contribution in [3.05, 3.63) is 51.4 Å². The number of aromatic nitrogens is 2. The Balaban J connectivity index is 1.74. The summed E-state index contributed by atoms with van der Waals surface area (Å²) in [4.78, 5) is 20.5. The molecule has 0 bridgehead atoms. The Morgan fingerprint density at radius 3 is 2.92 bits per heavy atom. The summed E-state index contributed by atoms with van der Waals surface area (Å²) in [5.41, 5.74) is 7.12. The van der Waals surface area contributed by atoms with Gasteiger partial charge in [-0.2, -0.15) is 0 Å². The van der Waals surface area contributed by atoms with E-state index in [0.29, 0.717) is 42.9 Å². The van der Waals surface area contributed by atoms with E-state index in [1.165, 1.54) is 18.2 Å². The average molecular weight is 340 g/mol. The maximum atomic E-state index is 12.3. The van der Waals surface area contributed by atoms with Crippen molar-refractivity contribution < 1.29 is 17.9 Å². The molecule has 0 aliphatic carbocycles. The second kappa shape index (κ2) is 6.16. The molecule has 3 rings (SSSR count). The summed E-state index contributed by atoms with van der Waals surface area (Å²) in [6.07, 6.45) is -4.16. The van der Waals surface area contributed by atoms with Gasteiger partial charge in [0.25, 0.3) is 5.56 Å². The van der Waals surface area contributed by atoms with Crippen molar-refractivity contribution in [2.45, 2.75) is 25.9 Å². The van der Waals surface area contributed by atoms with Crippen molar-refractivity contribution in [2.75, 3.05) is 12.3 Å². The first-order valence-electron chi connectivity index (χ1n) is 7.25. The van der Waals surface area contributed by atoms with Crippen LogP contribution in [0, 0.1) is 0 Å². The second-order valence-corrected chi connectivity index (χ2v) is 5.53. The topological polar surface area (TPSA) is 84.2 Å². The molecule has 1 aromatic heterocycles. The summed E-state index contributed by atoms with van der Waals surface area (Å²) in [6.45, 7) is 1.40. The Labute approximate surface area is 135 Å². The average Bonchev–Trinajstić information content (AvgIpc) is 2.46. The Bertz CT molecular complexity index is 804. The standard InChI is InChI=1S/C15H15F3N4O2/c16-15(17,18)24-10-3-1-2-9(6-10)7-22-5-4-12-11(8-22)13(23)21-14(19)20-12/h1-3,6H,4-5,7-8H2,(H3,19,20,21,23). The Hall–Kier alpha value is -2.55. The molecule has 0 amide bonds. The molecule has 1 aliphatic heterocycles. The van der Waals surface area contributed by atoms with Crippen molar-refractivity contribution in [1.82, 2.24) is 14.9 Å². The minimum absolute atomic E-state index is 0.0872. The quantitative estimate of drug-likeness (QED) is 0.890. The highest BCUT2D eigenvalue weighted by atomic mass is 19.4. The van der Waals surface area contributed by atoms with Gasteiger partial charge in [0, 0.05) is 26.1 Å². The molecule has 9 heteroatoms. The van der Waals surface area contributed by atoms with E-state index >= 15 is 0 Å². The lowest BCUT2D eigenvalue weighted by Crippen LogP contribution is -2.35. The molecule has 0 saturated carbocycles. The molecule has 0 spiro atoms. The Kier molecular flexibility index (Phi) is 4.18. The summed E-state index contributed by atoms with van der Waals surface area (Å²) in [5, 5.41) is 0. The van der Waals surface area contributed by atoms with Gasteiger partial charge in [-0.15, -0.1) is 13.2 Å². The molecule has 1 aromatic carbocycles. The molecule has 24 heavy (non-hydrogen) atoms. The first kappa shape index (κ1) is 16.3. The Morgan fingerprint density at radius 1 is 1.38 bits per heavy atom. The molecular formula is C15H15F3N4O2. The fourth-order valence-corrected chi connectivity index (χ4v) is 2.73. The fourth-order valence-electron chi connectivity index (χ4n) is 2.73. The van der Waals surface area contributed by atoms with Crippen LogP contribution in [-0.2, 0) is 19.5 Å². The predicted molar refractivity (Wildman–Crippen MR) is 80.2 cm³/mol. The molecule has 3 N–H and O–H groups in total. The van der Waals surface area contributed by atoms with Crippen LogP contribution in [0.2, 0.25) is 0 Å². The van der Waals surface area contributed by atoms with Crippen LogP contribution in [0.4, 0.5) is 19.1 Å². The number of H-pyrrole nitrogens is 1.